The molecule has 2 N–H and O–H groups in total. The molecule has 1 unspecified atom stereocenters. The first kappa shape index (κ1) is 25.7. The Labute approximate surface area is 160 Å². The minimum absolute atomic E-state index is 0.465. The van der Waals surface area contributed by atoms with Crippen molar-refractivity contribution in [2.45, 2.75) is 91.1 Å². The van der Waals surface area contributed by atoms with Crippen LogP contribution >= 0.6 is 7.82 Å². The average Bonchev–Trinajstić information content (AvgIpc) is 2.58. The second-order valence-electron chi connectivity index (χ2n) is 7.42. The van der Waals surface area contributed by atoms with Crippen LogP contribution in [0.1, 0.15) is 85.0 Å². The summed E-state index contributed by atoms with van der Waals surface area (Å²) in [5.74, 6) is 0. The Morgan fingerprint density at radius 3 is 1.81 bits per heavy atom. The van der Waals surface area contributed by atoms with Crippen molar-refractivity contribution in [3.05, 3.63) is 0 Å². The maximum atomic E-state index is 11.5. The molecule has 156 valence electrons. The van der Waals surface area contributed by atoms with Gasteiger partial charge in [-0.25, -0.2) is 4.57 Å². The highest BCUT2D eigenvalue weighted by Gasteiger charge is 2.33. The van der Waals surface area contributed by atoms with Crippen molar-refractivity contribution in [3.8, 4) is 0 Å². The third kappa shape index (κ3) is 13.0. The second kappa shape index (κ2) is 14.8. The van der Waals surface area contributed by atoms with Gasteiger partial charge in [0.15, 0.2) is 0 Å². The van der Waals surface area contributed by atoms with E-state index < -0.39 is 13.9 Å². The number of unbranched alkanes of at least 4 members (excludes halogenated alkanes) is 5. The van der Waals surface area contributed by atoms with Crippen LogP contribution in [0, 0.1) is 0 Å². The number of nitrogens with zero attached hydrogens (tertiary/aromatic N) is 1. The quantitative estimate of drug-likeness (QED) is 0.155. The van der Waals surface area contributed by atoms with Gasteiger partial charge in [0.25, 0.3) is 0 Å². The summed E-state index contributed by atoms with van der Waals surface area (Å²) in [4.78, 5) is 29.2. The van der Waals surface area contributed by atoms with Gasteiger partial charge >= 0.3 is 7.82 Å². The van der Waals surface area contributed by atoms with Gasteiger partial charge in [0.2, 0.25) is 0 Å². The Kier molecular flexibility index (Phi) is 14.6. The maximum absolute atomic E-state index is 11.5. The lowest BCUT2D eigenvalue weighted by molar-refractivity contribution is -0.931. The summed E-state index contributed by atoms with van der Waals surface area (Å²) in [5.41, 5.74) is 0. The minimum atomic E-state index is -4.52. The summed E-state index contributed by atoms with van der Waals surface area (Å²) >= 11 is 0. The largest absolute Gasteiger partial charge is 0.470 e. The van der Waals surface area contributed by atoms with Crippen molar-refractivity contribution >= 4 is 14.1 Å². The molecule has 0 aromatic heterocycles. The molecule has 0 bridgehead atoms. The van der Waals surface area contributed by atoms with Crippen LogP contribution in [0.4, 0.5) is 0 Å². The van der Waals surface area contributed by atoms with E-state index in [1.807, 2.05) is 0 Å². The van der Waals surface area contributed by atoms with Crippen LogP contribution in [0.3, 0.4) is 0 Å². The molecule has 0 aromatic carbocycles. The highest BCUT2D eigenvalue weighted by molar-refractivity contribution is 7.46. The molecule has 0 aromatic rings. The lowest BCUT2D eigenvalue weighted by Crippen LogP contribution is -2.54. The van der Waals surface area contributed by atoms with Crippen molar-refractivity contribution in [2.24, 2.45) is 0 Å². The molecule has 0 aliphatic heterocycles. The maximum Gasteiger partial charge on any atom is 0.470 e. The van der Waals surface area contributed by atoms with Gasteiger partial charge in [-0.2, -0.15) is 0 Å². The molecule has 0 radical (unpaired) electrons. The van der Waals surface area contributed by atoms with Gasteiger partial charge in [0.1, 0.15) is 18.9 Å². The van der Waals surface area contributed by atoms with E-state index in [0.717, 1.165) is 81.8 Å². The van der Waals surface area contributed by atoms with Crippen LogP contribution in [0.15, 0.2) is 0 Å². The predicted molar refractivity (Wildman–Crippen MR) is 106 cm³/mol. The fourth-order valence-corrected chi connectivity index (χ4v) is 4.05. The van der Waals surface area contributed by atoms with E-state index in [0.29, 0.717) is 19.4 Å². The first-order chi connectivity index (χ1) is 12.3. The molecule has 0 rings (SSSR count). The molecule has 0 fully saturated rings. The lowest BCUT2D eigenvalue weighted by Gasteiger charge is -2.41. The van der Waals surface area contributed by atoms with E-state index in [2.05, 4.69) is 20.8 Å². The highest BCUT2D eigenvalue weighted by atomic mass is 31.2. The van der Waals surface area contributed by atoms with Gasteiger partial charge in [0, 0.05) is 6.42 Å². The molecule has 0 spiro atoms. The van der Waals surface area contributed by atoms with Crippen LogP contribution in [-0.2, 0) is 13.9 Å². The number of carbonyl (C=O) groups excluding carboxylic acids is 1. The number of hydrogen-bond donors (Lipinski definition) is 2. The van der Waals surface area contributed by atoms with E-state index in [-0.39, 0.29) is 0 Å². The zero-order valence-corrected chi connectivity index (χ0v) is 18.0. The molecule has 7 heteroatoms. The summed E-state index contributed by atoms with van der Waals surface area (Å²) < 4.78 is 17.5. The topological polar surface area (TPSA) is 83.8 Å². The molecule has 0 saturated carbocycles. The molecule has 6 nitrogen and oxygen atoms in total. The molecule has 0 amide bonds. The number of phosphoric acid groups is 1. The molecule has 1 atom stereocenters. The summed E-state index contributed by atoms with van der Waals surface area (Å²) in [7, 11) is -4.52. The number of rotatable bonds is 18. The fourth-order valence-electron chi connectivity index (χ4n) is 3.49. The van der Waals surface area contributed by atoms with E-state index >= 15 is 0 Å². The number of phosphoric ester groups is 1. The monoisotopic (exact) mass is 394 g/mol. The normalized spacial score (nSPS) is 13.7. The standard InChI is InChI=1S/C19H40NO5P/c1-4-7-14-20(15-8-5-2,16-9-6-3)18-19(25-26(22,23)24)13-11-10-12-17-21/h17,19H,4-16,18H2,1-3H3,(H-,22,23,24)/p+1. The molecule has 0 aliphatic carbocycles. The van der Waals surface area contributed by atoms with Crippen LogP contribution in [0.25, 0.3) is 0 Å². The molecule has 0 aliphatic rings. The SMILES string of the molecule is CCCC[N+](CCCC)(CCCC)CC(CCCCC=O)OP(=O)(O)O. The average molecular weight is 395 g/mol. The van der Waals surface area contributed by atoms with Crippen molar-refractivity contribution < 1.29 is 28.2 Å². The van der Waals surface area contributed by atoms with Crippen molar-refractivity contribution in [3.63, 3.8) is 0 Å². The summed E-state index contributed by atoms with van der Waals surface area (Å²) in [6, 6.07) is 0. The first-order valence-electron chi connectivity index (χ1n) is 10.3. The summed E-state index contributed by atoms with van der Waals surface area (Å²) in [6.07, 6.45) is 9.67. The Bertz CT molecular complexity index is 378. The number of aldehydes is 1. The number of carbonyl (C=O) groups is 1. The van der Waals surface area contributed by atoms with Crippen LogP contribution in [0.5, 0.6) is 0 Å². The van der Waals surface area contributed by atoms with Crippen LogP contribution in [-0.4, -0.2) is 52.8 Å². The van der Waals surface area contributed by atoms with E-state index in [9.17, 15) is 19.1 Å². The van der Waals surface area contributed by atoms with Gasteiger partial charge in [0.05, 0.1) is 19.6 Å². The van der Waals surface area contributed by atoms with Gasteiger partial charge in [-0.15, -0.1) is 0 Å². The molecule has 0 saturated heterocycles. The smallest absolute Gasteiger partial charge is 0.321 e. The molecular weight excluding hydrogens is 353 g/mol. The molecular formula is C19H41NO5P+. The Morgan fingerprint density at radius 2 is 1.42 bits per heavy atom. The van der Waals surface area contributed by atoms with Crippen molar-refractivity contribution in [1.82, 2.24) is 0 Å². The second-order valence-corrected chi connectivity index (χ2v) is 8.62. The van der Waals surface area contributed by atoms with E-state index in [1.54, 1.807) is 0 Å². The van der Waals surface area contributed by atoms with Gasteiger partial charge in [-0.05, 0) is 32.1 Å². The van der Waals surface area contributed by atoms with Crippen LogP contribution in [0.2, 0.25) is 0 Å². The zero-order chi connectivity index (χ0) is 19.9. The van der Waals surface area contributed by atoms with Crippen LogP contribution < -0.4 is 0 Å². The van der Waals surface area contributed by atoms with E-state index in [4.69, 9.17) is 4.52 Å². The van der Waals surface area contributed by atoms with Crippen molar-refractivity contribution in [1.29, 1.82) is 0 Å². The minimum Gasteiger partial charge on any atom is -0.321 e. The predicted octanol–water partition coefficient (Wildman–Crippen LogP) is 4.44. The third-order valence-corrected chi connectivity index (χ3v) is 5.51. The zero-order valence-electron chi connectivity index (χ0n) is 17.1. The summed E-state index contributed by atoms with van der Waals surface area (Å²) in [5, 5.41) is 0. The first-order valence-corrected chi connectivity index (χ1v) is 11.9. The van der Waals surface area contributed by atoms with Crippen molar-refractivity contribution in [2.75, 3.05) is 26.2 Å². The van der Waals surface area contributed by atoms with Gasteiger partial charge in [-0.3, -0.25) is 4.52 Å². The fraction of sp³-hybridized carbons (Fsp3) is 0.947. The van der Waals surface area contributed by atoms with E-state index in [1.165, 1.54) is 0 Å². The molecule has 0 heterocycles. The number of quaternary nitrogens is 1. The van der Waals surface area contributed by atoms with Gasteiger partial charge < -0.3 is 19.1 Å². The number of hydrogen-bond acceptors (Lipinski definition) is 3. The highest BCUT2D eigenvalue weighted by Crippen LogP contribution is 2.39. The Hall–Kier alpha value is -0.260. The summed E-state index contributed by atoms with van der Waals surface area (Å²) in [6.45, 7) is 10.3. The van der Waals surface area contributed by atoms with Gasteiger partial charge in [-0.1, -0.05) is 46.5 Å². The Morgan fingerprint density at radius 1 is 0.923 bits per heavy atom. The lowest BCUT2D eigenvalue weighted by atomic mass is 10.1. The molecule has 26 heavy (non-hydrogen) atoms. The third-order valence-electron chi connectivity index (χ3n) is 4.93. The Balaban J connectivity index is 5.22.